The van der Waals surface area contributed by atoms with Crippen molar-refractivity contribution in [3.63, 3.8) is 0 Å². The van der Waals surface area contributed by atoms with Gasteiger partial charge in [0, 0.05) is 0 Å². The van der Waals surface area contributed by atoms with Crippen molar-refractivity contribution in [2.75, 3.05) is 0 Å². The summed E-state index contributed by atoms with van der Waals surface area (Å²) in [6.45, 7) is 7.42. The second-order valence-electron chi connectivity index (χ2n) is 4.45. The van der Waals surface area contributed by atoms with Crippen LogP contribution in [-0.2, 0) is 0 Å². The van der Waals surface area contributed by atoms with Gasteiger partial charge >= 0.3 is 0 Å². The molecular weight excluding hydrogens is 284 g/mol. The van der Waals surface area contributed by atoms with Crippen LogP contribution >= 0.6 is 31.9 Å². The van der Waals surface area contributed by atoms with Gasteiger partial charge in [-0.3, -0.25) is 0 Å². The second kappa shape index (κ2) is 3.15. The van der Waals surface area contributed by atoms with Gasteiger partial charge in [-0.2, -0.15) is 0 Å². The first-order valence-electron chi connectivity index (χ1n) is 4.21. The van der Waals surface area contributed by atoms with Crippen molar-refractivity contribution in [1.29, 1.82) is 0 Å². The summed E-state index contributed by atoms with van der Waals surface area (Å²) in [6, 6.07) is 1.45. The second-order valence-corrected chi connectivity index (χ2v) is 14.0. The molecule has 0 spiro atoms. The number of halogens is 2. The molecule has 1 aliphatic heterocycles. The summed E-state index contributed by atoms with van der Waals surface area (Å²) < 4.78 is 0.266. The molecule has 0 bridgehead atoms. The monoisotopic (exact) mass is 298 g/mol. The van der Waals surface area contributed by atoms with Crippen LogP contribution in [0.1, 0.15) is 19.8 Å². The molecule has 1 atom stereocenters. The SMILES string of the molecule is CC1CC(Br)(Br)CC[Si]1(C)C. The van der Waals surface area contributed by atoms with Gasteiger partial charge in [0.2, 0.25) is 0 Å². The van der Waals surface area contributed by atoms with E-state index in [1.54, 1.807) is 0 Å². The molecule has 1 fully saturated rings. The predicted molar refractivity (Wildman–Crippen MR) is 61.5 cm³/mol. The Kier molecular flexibility index (Phi) is 2.94. The van der Waals surface area contributed by atoms with E-state index in [4.69, 9.17) is 0 Å². The fraction of sp³-hybridized carbons (Fsp3) is 1.00. The summed E-state index contributed by atoms with van der Waals surface area (Å²) >= 11 is 7.45. The molecular formula is C8H16Br2Si. The third kappa shape index (κ3) is 2.56. The quantitative estimate of drug-likeness (QED) is 0.460. The van der Waals surface area contributed by atoms with Crippen molar-refractivity contribution in [2.24, 2.45) is 0 Å². The van der Waals surface area contributed by atoms with Gasteiger partial charge in [-0.15, -0.1) is 0 Å². The van der Waals surface area contributed by atoms with Crippen LogP contribution in [0.3, 0.4) is 0 Å². The lowest BCUT2D eigenvalue weighted by molar-refractivity contribution is 0.632. The average Bonchev–Trinajstić information content (AvgIpc) is 1.81. The zero-order valence-corrected chi connectivity index (χ0v) is 11.6. The highest BCUT2D eigenvalue weighted by atomic mass is 79.9. The molecule has 1 saturated heterocycles. The molecule has 1 unspecified atom stereocenters. The Morgan fingerprint density at radius 3 is 2.27 bits per heavy atom. The molecule has 3 heteroatoms. The van der Waals surface area contributed by atoms with Crippen molar-refractivity contribution in [2.45, 2.75) is 47.7 Å². The standard InChI is InChI=1S/C8H16Br2Si/c1-7-6-8(9,10)4-5-11(7,2)3/h7H,4-6H2,1-3H3. The number of rotatable bonds is 0. The summed E-state index contributed by atoms with van der Waals surface area (Å²) in [5, 5.41) is 0. The van der Waals surface area contributed by atoms with Crippen LogP contribution in [0.25, 0.3) is 0 Å². The van der Waals surface area contributed by atoms with Crippen LogP contribution in [0.2, 0.25) is 24.7 Å². The Labute approximate surface area is 87.4 Å². The van der Waals surface area contributed by atoms with E-state index in [9.17, 15) is 0 Å². The topological polar surface area (TPSA) is 0 Å². The highest BCUT2D eigenvalue weighted by Gasteiger charge is 2.40. The highest BCUT2D eigenvalue weighted by Crippen LogP contribution is 2.49. The summed E-state index contributed by atoms with van der Waals surface area (Å²) in [4.78, 5) is 0. The van der Waals surface area contributed by atoms with Crippen LogP contribution in [0.4, 0.5) is 0 Å². The molecule has 1 aliphatic rings. The minimum atomic E-state index is -0.843. The average molecular weight is 300 g/mol. The maximum Gasteiger partial charge on any atom is 0.0802 e. The maximum absolute atomic E-state index is 3.72. The van der Waals surface area contributed by atoms with Crippen molar-refractivity contribution < 1.29 is 0 Å². The van der Waals surface area contributed by atoms with Gasteiger partial charge in [0.1, 0.15) is 0 Å². The van der Waals surface area contributed by atoms with Crippen LogP contribution in [-0.4, -0.2) is 11.3 Å². The predicted octanol–water partition coefficient (Wildman–Crippen LogP) is 4.36. The lowest BCUT2D eigenvalue weighted by Gasteiger charge is -2.41. The molecule has 0 amide bonds. The lowest BCUT2D eigenvalue weighted by atomic mass is 10.2. The third-order valence-electron chi connectivity index (χ3n) is 3.07. The van der Waals surface area contributed by atoms with E-state index >= 15 is 0 Å². The maximum atomic E-state index is 3.72. The first-order valence-corrected chi connectivity index (χ1v) is 9.08. The van der Waals surface area contributed by atoms with Crippen molar-refractivity contribution >= 4 is 39.9 Å². The smallest absolute Gasteiger partial charge is 0.0727 e. The van der Waals surface area contributed by atoms with Gasteiger partial charge in [0.15, 0.2) is 0 Å². The molecule has 0 nitrogen and oxygen atoms in total. The molecule has 0 aromatic rings. The van der Waals surface area contributed by atoms with E-state index in [2.05, 4.69) is 51.9 Å². The molecule has 0 aromatic heterocycles. The van der Waals surface area contributed by atoms with E-state index < -0.39 is 8.07 Å². The van der Waals surface area contributed by atoms with Gasteiger partial charge in [-0.05, 0) is 18.4 Å². The Hall–Kier alpha value is 1.18. The molecule has 0 radical (unpaired) electrons. The van der Waals surface area contributed by atoms with E-state index in [0.717, 1.165) is 5.54 Å². The Morgan fingerprint density at radius 1 is 1.36 bits per heavy atom. The minimum Gasteiger partial charge on any atom is -0.0727 e. The zero-order valence-electron chi connectivity index (χ0n) is 7.45. The first kappa shape index (κ1) is 10.3. The number of hydrogen-bond acceptors (Lipinski definition) is 0. The fourth-order valence-electron chi connectivity index (χ4n) is 1.58. The molecule has 0 N–H and O–H groups in total. The summed E-state index contributed by atoms with van der Waals surface area (Å²) in [7, 11) is -0.843. The van der Waals surface area contributed by atoms with E-state index in [0.29, 0.717) is 0 Å². The highest BCUT2D eigenvalue weighted by molar-refractivity contribution is 9.25. The molecule has 11 heavy (non-hydrogen) atoms. The molecule has 0 saturated carbocycles. The summed E-state index contributed by atoms with van der Waals surface area (Å²) in [6.07, 6.45) is 2.60. The molecule has 66 valence electrons. The van der Waals surface area contributed by atoms with E-state index in [1.807, 2.05) is 0 Å². The van der Waals surface area contributed by atoms with Crippen molar-refractivity contribution in [3.05, 3.63) is 0 Å². The fourth-order valence-corrected chi connectivity index (χ4v) is 6.74. The Balaban J connectivity index is 2.63. The lowest BCUT2D eigenvalue weighted by Crippen LogP contribution is -2.39. The number of hydrogen-bond donors (Lipinski definition) is 0. The zero-order chi connectivity index (χ0) is 8.70. The Morgan fingerprint density at radius 2 is 1.91 bits per heavy atom. The van der Waals surface area contributed by atoms with Crippen LogP contribution in [0.15, 0.2) is 0 Å². The van der Waals surface area contributed by atoms with Crippen LogP contribution in [0.5, 0.6) is 0 Å². The first-order chi connectivity index (χ1) is 4.83. The van der Waals surface area contributed by atoms with Crippen LogP contribution < -0.4 is 0 Å². The van der Waals surface area contributed by atoms with Crippen molar-refractivity contribution in [3.8, 4) is 0 Å². The number of alkyl halides is 2. The van der Waals surface area contributed by atoms with E-state index in [1.165, 1.54) is 18.9 Å². The normalized spacial score (nSPS) is 35.2. The van der Waals surface area contributed by atoms with Crippen LogP contribution in [0, 0.1) is 0 Å². The molecule has 0 aliphatic carbocycles. The molecule has 0 aromatic carbocycles. The van der Waals surface area contributed by atoms with Gasteiger partial charge in [-0.1, -0.05) is 57.9 Å². The third-order valence-corrected chi connectivity index (χ3v) is 8.93. The summed E-state index contributed by atoms with van der Waals surface area (Å²) in [5.41, 5.74) is 0.940. The summed E-state index contributed by atoms with van der Waals surface area (Å²) in [5.74, 6) is 0. The van der Waals surface area contributed by atoms with Crippen molar-refractivity contribution in [1.82, 2.24) is 0 Å². The largest absolute Gasteiger partial charge is 0.0802 e. The molecule has 1 rings (SSSR count). The van der Waals surface area contributed by atoms with Gasteiger partial charge in [-0.25, -0.2) is 0 Å². The van der Waals surface area contributed by atoms with Gasteiger partial charge in [0.05, 0.1) is 11.3 Å². The Bertz CT molecular complexity index is 154. The molecule has 1 heterocycles. The van der Waals surface area contributed by atoms with Gasteiger partial charge < -0.3 is 0 Å². The van der Waals surface area contributed by atoms with E-state index in [-0.39, 0.29) is 3.23 Å². The minimum absolute atomic E-state index is 0.266. The van der Waals surface area contributed by atoms with Gasteiger partial charge in [0.25, 0.3) is 0 Å².